The molecule has 1 rings (SSSR count). The summed E-state index contributed by atoms with van der Waals surface area (Å²) in [7, 11) is 0. The second-order valence-electron chi connectivity index (χ2n) is 3.82. The predicted molar refractivity (Wildman–Crippen MR) is 49.4 cm³/mol. The van der Waals surface area contributed by atoms with Crippen LogP contribution < -0.4 is 5.73 Å². The van der Waals surface area contributed by atoms with Gasteiger partial charge >= 0.3 is 0 Å². The van der Waals surface area contributed by atoms with Crippen molar-refractivity contribution in [1.29, 1.82) is 5.26 Å². The predicted octanol–water partition coefficient (Wildman–Crippen LogP) is 2.20. The third-order valence-electron chi connectivity index (χ3n) is 2.78. The monoisotopic (exact) mass is 166 g/mol. The standard InChI is InChI=1S/C10H18N2/c11-8-10(12)7-6-9-4-2-1-3-5-9/h9-10H,1-7,12H2. The normalized spacial score (nSPS) is 21.7. The molecule has 68 valence electrons. The summed E-state index contributed by atoms with van der Waals surface area (Å²) >= 11 is 0. The van der Waals surface area contributed by atoms with Gasteiger partial charge in [0, 0.05) is 0 Å². The Balaban J connectivity index is 2.10. The van der Waals surface area contributed by atoms with Gasteiger partial charge in [-0.15, -0.1) is 0 Å². The minimum atomic E-state index is -0.230. The molecule has 1 atom stereocenters. The Morgan fingerprint density at radius 2 is 2.00 bits per heavy atom. The molecule has 0 heterocycles. The van der Waals surface area contributed by atoms with E-state index >= 15 is 0 Å². The molecule has 1 unspecified atom stereocenters. The molecule has 0 radical (unpaired) electrons. The lowest BCUT2D eigenvalue weighted by Gasteiger charge is -2.21. The molecule has 0 saturated heterocycles. The second-order valence-corrected chi connectivity index (χ2v) is 3.82. The summed E-state index contributed by atoms with van der Waals surface area (Å²) in [6, 6.07) is 1.85. The van der Waals surface area contributed by atoms with Gasteiger partial charge in [0.25, 0.3) is 0 Å². The summed E-state index contributed by atoms with van der Waals surface area (Å²) in [5, 5.41) is 8.49. The molecule has 1 saturated carbocycles. The summed E-state index contributed by atoms with van der Waals surface area (Å²) in [6.07, 6.45) is 8.94. The SMILES string of the molecule is N#CC(N)CCC1CCCCC1. The largest absolute Gasteiger partial charge is 0.316 e. The molecule has 0 bridgehead atoms. The minimum absolute atomic E-state index is 0.230. The van der Waals surface area contributed by atoms with E-state index < -0.39 is 0 Å². The van der Waals surface area contributed by atoms with E-state index in [1.165, 1.54) is 32.1 Å². The van der Waals surface area contributed by atoms with Crippen LogP contribution in [0.2, 0.25) is 0 Å². The van der Waals surface area contributed by atoms with Crippen molar-refractivity contribution in [3.05, 3.63) is 0 Å². The Hall–Kier alpha value is -0.550. The van der Waals surface area contributed by atoms with Crippen LogP contribution in [0, 0.1) is 17.2 Å². The highest BCUT2D eigenvalue weighted by atomic mass is 14.6. The Morgan fingerprint density at radius 3 is 2.58 bits per heavy atom. The van der Waals surface area contributed by atoms with Crippen LogP contribution in [0.4, 0.5) is 0 Å². The van der Waals surface area contributed by atoms with Crippen molar-refractivity contribution in [2.24, 2.45) is 11.7 Å². The molecule has 0 aliphatic heterocycles. The first-order valence-electron chi connectivity index (χ1n) is 4.98. The molecular formula is C10H18N2. The Labute approximate surface area is 74.8 Å². The molecule has 1 aliphatic rings. The van der Waals surface area contributed by atoms with Gasteiger partial charge in [0.2, 0.25) is 0 Å². The molecule has 1 aliphatic carbocycles. The first-order valence-corrected chi connectivity index (χ1v) is 4.98. The number of nitrogens with zero attached hydrogens (tertiary/aromatic N) is 1. The van der Waals surface area contributed by atoms with Gasteiger partial charge in [-0.3, -0.25) is 0 Å². The fourth-order valence-electron chi connectivity index (χ4n) is 1.96. The van der Waals surface area contributed by atoms with Gasteiger partial charge in [-0.05, 0) is 18.8 Å². The maximum atomic E-state index is 8.49. The van der Waals surface area contributed by atoms with Crippen LogP contribution in [-0.4, -0.2) is 6.04 Å². The van der Waals surface area contributed by atoms with Gasteiger partial charge in [0.05, 0.1) is 12.1 Å². The number of hydrogen-bond donors (Lipinski definition) is 1. The maximum Gasteiger partial charge on any atom is 0.0928 e. The van der Waals surface area contributed by atoms with Crippen LogP contribution in [0.25, 0.3) is 0 Å². The Bertz CT molecular complexity index is 154. The van der Waals surface area contributed by atoms with Crippen LogP contribution in [0.1, 0.15) is 44.9 Å². The minimum Gasteiger partial charge on any atom is -0.316 e. The first kappa shape index (κ1) is 9.54. The molecule has 0 aromatic carbocycles. The fourth-order valence-corrected chi connectivity index (χ4v) is 1.96. The number of nitriles is 1. The van der Waals surface area contributed by atoms with E-state index in [2.05, 4.69) is 6.07 Å². The Morgan fingerprint density at radius 1 is 1.33 bits per heavy atom. The summed E-state index contributed by atoms with van der Waals surface area (Å²) in [4.78, 5) is 0. The van der Waals surface area contributed by atoms with E-state index in [9.17, 15) is 0 Å². The lowest BCUT2D eigenvalue weighted by atomic mass is 9.85. The lowest BCUT2D eigenvalue weighted by Crippen LogP contribution is -2.19. The molecule has 2 heteroatoms. The molecule has 12 heavy (non-hydrogen) atoms. The van der Waals surface area contributed by atoms with E-state index in [4.69, 9.17) is 11.0 Å². The highest BCUT2D eigenvalue weighted by Gasteiger charge is 2.14. The van der Waals surface area contributed by atoms with Gasteiger partial charge < -0.3 is 5.73 Å². The van der Waals surface area contributed by atoms with Crippen LogP contribution in [0.3, 0.4) is 0 Å². The summed E-state index contributed by atoms with van der Waals surface area (Å²) in [5.74, 6) is 0.859. The number of rotatable bonds is 3. The van der Waals surface area contributed by atoms with Crippen LogP contribution in [0.15, 0.2) is 0 Å². The smallest absolute Gasteiger partial charge is 0.0928 e. The van der Waals surface area contributed by atoms with Gasteiger partial charge in [-0.25, -0.2) is 0 Å². The van der Waals surface area contributed by atoms with Gasteiger partial charge in [-0.2, -0.15) is 5.26 Å². The maximum absolute atomic E-state index is 8.49. The van der Waals surface area contributed by atoms with Gasteiger partial charge in [0.15, 0.2) is 0 Å². The van der Waals surface area contributed by atoms with Gasteiger partial charge in [0.1, 0.15) is 0 Å². The molecule has 1 fully saturated rings. The first-order chi connectivity index (χ1) is 5.83. The third kappa shape index (κ3) is 3.23. The second kappa shape index (κ2) is 5.16. The van der Waals surface area contributed by atoms with Gasteiger partial charge in [-0.1, -0.05) is 32.1 Å². The van der Waals surface area contributed by atoms with E-state index in [-0.39, 0.29) is 6.04 Å². The van der Waals surface area contributed by atoms with Crippen molar-refractivity contribution >= 4 is 0 Å². The fraction of sp³-hybridized carbons (Fsp3) is 0.900. The van der Waals surface area contributed by atoms with Crippen molar-refractivity contribution in [3.8, 4) is 6.07 Å². The molecular weight excluding hydrogens is 148 g/mol. The summed E-state index contributed by atoms with van der Waals surface area (Å²) in [6.45, 7) is 0. The van der Waals surface area contributed by atoms with E-state index in [1.807, 2.05) is 0 Å². The van der Waals surface area contributed by atoms with E-state index in [0.29, 0.717) is 0 Å². The van der Waals surface area contributed by atoms with E-state index in [0.717, 1.165) is 18.8 Å². The Kier molecular flexibility index (Phi) is 4.10. The molecule has 2 N–H and O–H groups in total. The third-order valence-corrected chi connectivity index (χ3v) is 2.78. The average molecular weight is 166 g/mol. The number of hydrogen-bond acceptors (Lipinski definition) is 2. The van der Waals surface area contributed by atoms with Crippen LogP contribution >= 0.6 is 0 Å². The molecule has 0 aromatic rings. The highest BCUT2D eigenvalue weighted by molar-refractivity contribution is 4.86. The zero-order valence-corrected chi connectivity index (χ0v) is 7.63. The molecule has 2 nitrogen and oxygen atoms in total. The van der Waals surface area contributed by atoms with Crippen LogP contribution in [-0.2, 0) is 0 Å². The summed E-state index contributed by atoms with van der Waals surface area (Å²) < 4.78 is 0. The molecule has 0 aromatic heterocycles. The quantitative estimate of drug-likeness (QED) is 0.698. The van der Waals surface area contributed by atoms with Crippen molar-refractivity contribution in [3.63, 3.8) is 0 Å². The van der Waals surface area contributed by atoms with Crippen molar-refractivity contribution < 1.29 is 0 Å². The van der Waals surface area contributed by atoms with Crippen molar-refractivity contribution in [1.82, 2.24) is 0 Å². The topological polar surface area (TPSA) is 49.8 Å². The highest BCUT2D eigenvalue weighted by Crippen LogP contribution is 2.27. The zero-order chi connectivity index (χ0) is 8.81. The van der Waals surface area contributed by atoms with Crippen molar-refractivity contribution in [2.45, 2.75) is 51.0 Å². The average Bonchev–Trinajstić information content (AvgIpc) is 2.16. The molecule has 0 amide bonds. The van der Waals surface area contributed by atoms with E-state index in [1.54, 1.807) is 0 Å². The number of nitrogens with two attached hydrogens (primary N) is 1. The summed E-state index contributed by atoms with van der Waals surface area (Å²) in [5.41, 5.74) is 5.53. The lowest BCUT2D eigenvalue weighted by molar-refractivity contribution is 0.329. The van der Waals surface area contributed by atoms with Crippen LogP contribution in [0.5, 0.6) is 0 Å². The molecule has 0 spiro atoms. The zero-order valence-electron chi connectivity index (χ0n) is 7.63. The van der Waals surface area contributed by atoms with Crippen molar-refractivity contribution in [2.75, 3.05) is 0 Å².